The van der Waals surface area contributed by atoms with Crippen molar-refractivity contribution in [2.24, 2.45) is 0 Å². The van der Waals surface area contributed by atoms with Crippen molar-refractivity contribution in [2.45, 2.75) is 38.6 Å². The molecule has 0 bridgehead atoms. The van der Waals surface area contributed by atoms with Gasteiger partial charge in [0.15, 0.2) is 11.4 Å². The number of rotatable bonds is 3. The summed E-state index contributed by atoms with van der Waals surface area (Å²) in [5, 5.41) is 8.98. The molecule has 2 N–H and O–H groups in total. The average molecular weight is 251 g/mol. The molecule has 1 saturated heterocycles. The summed E-state index contributed by atoms with van der Waals surface area (Å²) in [4.78, 5) is 31.4. The maximum Gasteiger partial charge on any atom is 0.354 e. The Morgan fingerprint density at radius 2 is 2.33 bits per heavy atom. The molecule has 1 aliphatic rings. The maximum atomic E-state index is 12.3. The van der Waals surface area contributed by atoms with Crippen molar-refractivity contribution in [3.63, 3.8) is 0 Å². The van der Waals surface area contributed by atoms with E-state index in [4.69, 9.17) is 5.11 Å². The van der Waals surface area contributed by atoms with E-state index < -0.39 is 5.97 Å². The number of H-pyrrole nitrogens is 1. The number of nitrogens with zero attached hydrogens (tertiary/aromatic N) is 2. The third kappa shape index (κ3) is 2.23. The van der Waals surface area contributed by atoms with Crippen LogP contribution in [0, 0.1) is 0 Å². The first-order chi connectivity index (χ1) is 8.65. The molecular weight excluding hydrogens is 234 g/mol. The zero-order valence-corrected chi connectivity index (χ0v) is 10.3. The number of hydrogen-bond donors (Lipinski definition) is 2. The molecule has 0 spiro atoms. The number of aromatic nitrogens is 2. The third-order valence-electron chi connectivity index (χ3n) is 3.42. The summed E-state index contributed by atoms with van der Waals surface area (Å²) >= 11 is 0. The molecule has 1 fully saturated rings. The number of nitrogens with one attached hydrogen (secondary N) is 1. The summed E-state index contributed by atoms with van der Waals surface area (Å²) in [7, 11) is 0. The number of carboxylic acids is 1. The van der Waals surface area contributed by atoms with Crippen LogP contribution in [0.5, 0.6) is 0 Å². The SMILES string of the molecule is CCC1CCCCN1C(=O)c1nc[nH]c1C(=O)O. The van der Waals surface area contributed by atoms with Crippen LogP contribution in [-0.4, -0.2) is 44.4 Å². The lowest BCUT2D eigenvalue weighted by Gasteiger charge is -2.34. The van der Waals surface area contributed by atoms with Crippen LogP contribution < -0.4 is 0 Å². The van der Waals surface area contributed by atoms with Crippen molar-refractivity contribution in [3.05, 3.63) is 17.7 Å². The molecule has 18 heavy (non-hydrogen) atoms. The highest BCUT2D eigenvalue weighted by Crippen LogP contribution is 2.22. The predicted octanol–water partition coefficient (Wildman–Crippen LogP) is 1.51. The summed E-state index contributed by atoms with van der Waals surface area (Å²) in [6.45, 7) is 2.72. The number of aromatic carboxylic acids is 1. The highest BCUT2D eigenvalue weighted by atomic mass is 16.4. The fraction of sp³-hybridized carbons (Fsp3) is 0.583. The minimum absolute atomic E-state index is 0.0165. The number of likely N-dealkylation sites (tertiary alicyclic amines) is 1. The van der Waals surface area contributed by atoms with Gasteiger partial charge in [-0.1, -0.05) is 6.92 Å². The van der Waals surface area contributed by atoms with Gasteiger partial charge >= 0.3 is 5.97 Å². The van der Waals surface area contributed by atoms with E-state index in [0.717, 1.165) is 25.7 Å². The van der Waals surface area contributed by atoms with Crippen LogP contribution in [0.3, 0.4) is 0 Å². The summed E-state index contributed by atoms with van der Waals surface area (Å²) in [6.07, 6.45) is 5.21. The van der Waals surface area contributed by atoms with Gasteiger partial charge < -0.3 is 15.0 Å². The van der Waals surface area contributed by atoms with Gasteiger partial charge in [-0.05, 0) is 25.7 Å². The van der Waals surface area contributed by atoms with Crippen LogP contribution in [-0.2, 0) is 0 Å². The largest absolute Gasteiger partial charge is 0.477 e. The molecule has 6 heteroatoms. The second kappa shape index (κ2) is 5.20. The number of carboxylic acid groups (broad SMARTS) is 1. The molecule has 1 unspecified atom stereocenters. The second-order valence-electron chi connectivity index (χ2n) is 4.49. The highest BCUT2D eigenvalue weighted by Gasteiger charge is 2.30. The monoisotopic (exact) mass is 251 g/mol. The van der Waals surface area contributed by atoms with E-state index in [2.05, 4.69) is 9.97 Å². The van der Waals surface area contributed by atoms with Crippen LogP contribution >= 0.6 is 0 Å². The molecule has 1 aromatic heterocycles. The van der Waals surface area contributed by atoms with Crippen LogP contribution in [0.15, 0.2) is 6.33 Å². The van der Waals surface area contributed by atoms with Gasteiger partial charge in [0.1, 0.15) is 0 Å². The molecule has 6 nitrogen and oxygen atoms in total. The van der Waals surface area contributed by atoms with Crippen LogP contribution in [0.25, 0.3) is 0 Å². The molecule has 1 aromatic rings. The fourth-order valence-corrected chi connectivity index (χ4v) is 2.45. The van der Waals surface area contributed by atoms with E-state index in [-0.39, 0.29) is 23.3 Å². The standard InChI is InChI=1S/C12H17N3O3/c1-2-8-5-3-4-6-15(8)11(16)9-10(12(17)18)14-7-13-9/h7-8H,2-6H2,1H3,(H,13,14)(H,17,18). The van der Waals surface area contributed by atoms with Gasteiger partial charge in [0.05, 0.1) is 6.33 Å². The van der Waals surface area contributed by atoms with Gasteiger partial charge in [-0.15, -0.1) is 0 Å². The van der Waals surface area contributed by atoms with Gasteiger partial charge in [-0.25, -0.2) is 9.78 Å². The van der Waals surface area contributed by atoms with E-state index >= 15 is 0 Å². The second-order valence-corrected chi connectivity index (χ2v) is 4.49. The molecule has 0 radical (unpaired) electrons. The summed E-state index contributed by atoms with van der Waals surface area (Å²) in [6, 6.07) is 0.199. The lowest BCUT2D eigenvalue weighted by molar-refractivity contribution is 0.0584. The number of carbonyl (C=O) groups excluding carboxylic acids is 1. The predicted molar refractivity (Wildman–Crippen MR) is 64.5 cm³/mol. The maximum absolute atomic E-state index is 12.3. The molecule has 0 aliphatic carbocycles. The van der Waals surface area contributed by atoms with Crippen molar-refractivity contribution >= 4 is 11.9 Å². The number of piperidine rings is 1. The number of carbonyl (C=O) groups is 2. The molecular formula is C12H17N3O3. The summed E-state index contributed by atoms with van der Waals surface area (Å²) in [5.41, 5.74) is -0.108. The Kier molecular flexibility index (Phi) is 3.64. The van der Waals surface area contributed by atoms with Crippen molar-refractivity contribution in [1.29, 1.82) is 0 Å². The van der Waals surface area contributed by atoms with Crippen molar-refractivity contribution in [1.82, 2.24) is 14.9 Å². The zero-order valence-electron chi connectivity index (χ0n) is 10.3. The first-order valence-corrected chi connectivity index (χ1v) is 6.22. The van der Waals surface area contributed by atoms with Crippen LogP contribution in [0.1, 0.15) is 53.6 Å². The third-order valence-corrected chi connectivity index (χ3v) is 3.42. The Balaban J connectivity index is 2.24. The number of aromatic amines is 1. The van der Waals surface area contributed by atoms with E-state index in [1.54, 1.807) is 4.90 Å². The Morgan fingerprint density at radius 3 is 3.00 bits per heavy atom. The Hall–Kier alpha value is -1.85. The molecule has 98 valence electrons. The smallest absolute Gasteiger partial charge is 0.354 e. The Labute approximate surface area is 105 Å². The van der Waals surface area contributed by atoms with Crippen molar-refractivity contribution in [3.8, 4) is 0 Å². The molecule has 1 amide bonds. The average Bonchev–Trinajstić information content (AvgIpc) is 2.87. The summed E-state index contributed by atoms with van der Waals surface area (Å²) in [5.74, 6) is -1.43. The zero-order chi connectivity index (χ0) is 13.1. The Morgan fingerprint density at radius 1 is 1.56 bits per heavy atom. The van der Waals surface area contributed by atoms with E-state index in [1.807, 2.05) is 6.92 Å². The first kappa shape index (κ1) is 12.6. The van der Waals surface area contributed by atoms with Gasteiger partial charge in [0, 0.05) is 12.6 Å². The van der Waals surface area contributed by atoms with E-state index in [0.29, 0.717) is 6.54 Å². The number of imidazole rings is 1. The normalized spacial score (nSPS) is 19.8. The van der Waals surface area contributed by atoms with Gasteiger partial charge in [-0.2, -0.15) is 0 Å². The molecule has 0 aromatic carbocycles. The van der Waals surface area contributed by atoms with Gasteiger partial charge in [-0.3, -0.25) is 4.79 Å². The van der Waals surface area contributed by atoms with Crippen LogP contribution in [0.4, 0.5) is 0 Å². The van der Waals surface area contributed by atoms with Crippen molar-refractivity contribution < 1.29 is 14.7 Å². The highest BCUT2D eigenvalue weighted by molar-refractivity contribution is 6.02. The molecule has 1 aliphatic heterocycles. The molecule has 2 rings (SSSR count). The number of hydrogen-bond acceptors (Lipinski definition) is 3. The van der Waals surface area contributed by atoms with Crippen molar-refractivity contribution in [2.75, 3.05) is 6.54 Å². The first-order valence-electron chi connectivity index (χ1n) is 6.22. The lowest BCUT2D eigenvalue weighted by Crippen LogP contribution is -2.44. The topological polar surface area (TPSA) is 86.3 Å². The van der Waals surface area contributed by atoms with E-state index in [1.165, 1.54) is 6.33 Å². The molecule has 1 atom stereocenters. The molecule has 0 saturated carbocycles. The summed E-state index contributed by atoms with van der Waals surface area (Å²) < 4.78 is 0. The van der Waals surface area contributed by atoms with E-state index in [9.17, 15) is 9.59 Å². The van der Waals surface area contributed by atoms with Gasteiger partial charge in [0.2, 0.25) is 0 Å². The minimum atomic E-state index is -1.15. The lowest BCUT2D eigenvalue weighted by atomic mass is 9.99. The number of amides is 1. The van der Waals surface area contributed by atoms with Gasteiger partial charge in [0.25, 0.3) is 5.91 Å². The Bertz CT molecular complexity index is 455. The molecule has 2 heterocycles. The van der Waals surface area contributed by atoms with Crippen LogP contribution in [0.2, 0.25) is 0 Å². The minimum Gasteiger partial charge on any atom is -0.477 e. The fourth-order valence-electron chi connectivity index (χ4n) is 2.45. The quantitative estimate of drug-likeness (QED) is 0.852.